The van der Waals surface area contributed by atoms with Crippen LogP contribution < -0.4 is 19.3 Å². The molecule has 4 nitrogen and oxygen atoms in total. The van der Waals surface area contributed by atoms with Gasteiger partial charge in [-0.25, -0.2) is 0 Å². The minimum Gasteiger partial charge on any atom is -0.496 e. The van der Waals surface area contributed by atoms with E-state index in [-0.39, 0.29) is 11.1 Å². The van der Waals surface area contributed by atoms with Crippen molar-refractivity contribution in [2.24, 2.45) is 0 Å². The Balaban J connectivity index is 0.000000189. The molecule has 0 bridgehead atoms. The van der Waals surface area contributed by atoms with E-state index in [4.69, 9.17) is 9.47 Å². The molecule has 0 fully saturated rings. The molecule has 0 amide bonds. The lowest BCUT2D eigenvalue weighted by molar-refractivity contribution is 0.357. The van der Waals surface area contributed by atoms with E-state index in [2.05, 4.69) is 108 Å². The highest BCUT2D eigenvalue weighted by molar-refractivity contribution is 5.91. The summed E-state index contributed by atoms with van der Waals surface area (Å²) < 4.78 is 10.9. The number of nitrogens with zero attached hydrogens (tertiary/aromatic N) is 2. The fraction of sp³-hybridized carbons (Fsp3) is 0.448. The zero-order valence-corrected chi connectivity index (χ0v) is 21.8. The summed E-state index contributed by atoms with van der Waals surface area (Å²) in [6, 6.07) is 19.1. The number of methoxy groups -OCH3 is 1. The summed E-state index contributed by atoms with van der Waals surface area (Å²) >= 11 is 0. The lowest BCUT2D eigenvalue weighted by Crippen LogP contribution is -2.38. The summed E-state index contributed by atoms with van der Waals surface area (Å²) in [6.07, 6.45) is 1.04. The number of ether oxygens (including phenoxy) is 2. The summed E-state index contributed by atoms with van der Waals surface area (Å²) in [5.74, 6) is 1.98. The maximum Gasteiger partial charge on any atom is 0.126 e. The van der Waals surface area contributed by atoms with Gasteiger partial charge >= 0.3 is 0 Å². The van der Waals surface area contributed by atoms with E-state index in [1.54, 1.807) is 7.11 Å². The third-order valence-corrected chi connectivity index (χ3v) is 6.50. The van der Waals surface area contributed by atoms with Crippen LogP contribution in [0.4, 0.5) is 11.4 Å². The van der Waals surface area contributed by atoms with Crippen molar-refractivity contribution >= 4 is 22.1 Å². The van der Waals surface area contributed by atoms with Crippen molar-refractivity contribution in [3.8, 4) is 11.5 Å². The molecule has 1 aliphatic rings. The van der Waals surface area contributed by atoms with Crippen LogP contribution in [0.25, 0.3) is 10.8 Å². The Morgan fingerprint density at radius 1 is 0.788 bits per heavy atom. The zero-order valence-electron chi connectivity index (χ0n) is 21.8. The third-order valence-electron chi connectivity index (χ3n) is 6.50. The maximum absolute atomic E-state index is 5.50. The van der Waals surface area contributed by atoms with E-state index in [1.807, 2.05) is 12.1 Å². The summed E-state index contributed by atoms with van der Waals surface area (Å²) in [4.78, 5) is 4.58. The molecule has 3 aromatic rings. The second-order valence-corrected chi connectivity index (χ2v) is 10.7. The SMILES string of the molecule is CN(c1ccc2c(c1)CCO2)C(C)(C)C.COc1cccc2cc(N(C)C(C)(C)C)ccc12. The van der Waals surface area contributed by atoms with E-state index in [9.17, 15) is 0 Å². The smallest absolute Gasteiger partial charge is 0.126 e. The largest absolute Gasteiger partial charge is 0.496 e. The van der Waals surface area contributed by atoms with Crippen molar-refractivity contribution in [2.45, 2.75) is 59.0 Å². The molecule has 0 aromatic heterocycles. The summed E-state index contributed by atoms with van der Waals surface area (Å²) in [5, 5.41) is 2.37. The average Bonchev–Trinajstić information content (AvgIpc) is 3.24. The van der Waals surface area contributed by atoms with Crippen molar-refractivity contribution in [3.63, 3.8) is 0 Å². The van der Waals surface area contributed by atoms with Crippen LogP contribution in [0.1, 0.15) is 47.1 Å². The molecular formula is C29H40N2O2. The molecule has 4 heteroatoms. The highest BCUT2D eigenvalue weighted by Crippen LogP contribution is 2.32. The van der Waals surface area contributed by atoms with Gasteiger partial charge in [-0.3, -0.25) is 0 Å². The van der Waals surface area contributed by atoms with Gasteiger partial charge < -0.3 is 19.3 Å². The first-order valence-corrected chi connectivity index (χ1v) is 11.7. The van der Waals surface area contributed by atoms with Gasteiger partial charge in [-0.2, -0.15) is 0 Å². The Labute approximate surface area is 200 Å². The molecule has 33 heavy (non-hydrogen) atoms. The van der Waals surface area contributed by atoms with Crippen LogP contribution in [0, 0.1) is 0 Å². The standard InChI is InChI=1S/C16H21NO.C13H19NO/c1-16(2,3)17(4)13-9-10-14-12(11-13)7-6-8-15(14)18-5;1-13(2,3)14(4)11-5-6-12-10(9-11)7-8-15-12/h6-11H,1-5H3;5-6,9H,7-8H2,1-4H3. The molecule has 0 saturated carbocycles. The van der Waals surface area contributed by atoms with E-state index in [0.29, 0.717) is 0 Å². The molecule has 0 spiro atoms. The number of hydrogen-bond acceptors (Lipinski definition) is 4. The van der Waals surface area contributed by atoms with E-state index in [0.717, 1.165) is 29.9 Å². The van der Waals surface area contributed by atoms with Gasteiger partial charge in [0.25, 0.3) is 0 Å². The third kappa shape index (κ3) is 5.73. The van der Waals surface area contributed by atoms with Crippen LogP contribution in [0.3, 0.4) is 0 Å². The van der Waals surface area contributed by atoms with Gasteiger partial charge in [-0.15, -0.1) is 0 Å². The van der Waals surface area contributed by atoms with Crippen LogP contribution >= 0.6 is 0 Å². The first kappa shape index (κ1) is 24.8. The predicted octanol–water partition coefficient (Wildman–Crippen LogP) is 6.94. The quantitative estimate of drug-likeness (QED) is 0.433. The summed E-state index contributed by atoms with van der Waals surface area (Å²) in [7, 11) is 5.98. The van der Waals surface area contributed by atoms with Gasteiger partial charge in [0.1, 0.15) is 11.5 Å². The van der Waals surface area contributed by atoms with E-state index >= 15 is 0 Å². The highest BCUT2D eigenvalue weighted by atomic mass is 16.5. The molecule has 178 valence electrons. The van der Waals surface area contributed by atoms with Gasteiger partial charge in [-0.1, -0.05) is 12.1 Å². The van der Waals surface area contributed by atoms with Crippen molar-refractivity contribution in [1.29, 1.82) is 0 Å². The first-order chi connectivity index (χ1) is 15.4. The number of fused-ring (bicyclic) bond motifs is 2. The van der Waals surface area contributed by atoms with Gasteiger partial charge in [0.15, 0.2) is 0 Å². The molecule has 0 unspecified atom stereocenters. The molecule has 1 aliphatic heterocycles. The number of benzene rings is 3. The van der Waals surface area contributed by atoms with Gasteiger partial charge in [0, 0.05) is 48.4 Å². The highest BCUT2D eigenvalue weighted by Gasteiger charge is 2.20. The minimum atomic E-state index is 0.118. The van der Waals surface area contributed by atoms with Gasteiger partial charge in [0.2, 0.25) is 0 Å². The normalized spacial score (nSPS) is 13.0. The fourth-order valence-electron chi connectivity index (χ4n) is 3.78. The lowest BCUT2D eigenvalue weighted by atomic mass is 10.0. The fourth-order valence-corrected chi connectivity index (χ4v) is 3.78. The van der Waals surface area contributed by atoms with Crippen molar-refractivity contribution in [1.82, 2.24) is 0 Å². The van der Waals surface area contributed by atoms with Gasteiger partial charge in [0.05, 0.1) is 13.7 Å². The van der Waals surface area contributed by atoms with Crippen molar-refractivity contribution in [3.05, 3.63) is 60.2 Å². The Bertz CT molecular complexity index is 1090. The Morgan fingerprint density at radius 2 is 1.39 bits per heavy atom. The molecule has 4 rings (SSSR count). The van der Waals surface area contributed by atoms with Crippen molar-refractivity contribution < 1.29 is 9.47 Å². The van der Waals surface area contributed by atoms with Crippen molar-refractivity contribution in [2.75, 3.05) is 37.6 Å². The Morgan fingerprint density at radius 3 is 2.00 bits per heavy atom. The minimum absolute atomic E-state index is 0.118. The van der Waals surface area contributed by atoms with Crippen LogP contribution in [-0.2, 0) is 6.42 Å². The number of anilines is 2. The monoisotopic (exact) mass is 448 g/mol. The predicted molar refractivity (Wildman–Crippen MR) is 142 cm³/mol. The maximum atomic E-state index is 5.50. The molecular weight excluding hydrogens is 408 g/mol. The topological polar surface area (TPSA) is 24.9 Å². The number of hydrogen-bond donors (Lipinski definition) is 0. The molecule has 0 aliphatic carbocycles. The molecule has 0 N–H and O–H groups in total. The second kappa shape index (κ2) is 9.54. The Kier molecular flexibility index (Phi) is 7.16. The lowest BCUT2D eigenvalue weighted by Gasteiger charge is -2.34. The molecule has 3 aromatic carbocycles. The average molecular weight is 449 g/mol. The number of rotatable bonds is 3. The Hall–Kier alpha value is -2.88. The molecule has 1 heterocycles. The zero-order chi connectivity index (χ0) is 24.4. The summed E-state index contributed by atoms with van der Waals surface area (Å²) in [5.41, 5.74) is 4.11. The molecule has 0 saturated heterocycles. The molecule has 0 atom stereocenters. The van der Waals surface area contributed by atoms with E-state index < -0.39 is 0 Å². The van der Waals surface area contributed by atoms with Crippen LogP contribution in [0.15, 0.2) is 54.6 Å². The second-order valence-electron chi connectivity index (χ2n) is 10.7. The van der Waals surface area contributed by atoms with E-state index in [1.165, 1.54) is 22.3 Å². The van der Waals surface area contributed by atoms with Crippen LogP contribution in [-0.4, -0.2) is 38.9 Å². The summed E-state index contributed by atoms with van der Waals surface area (Å²) in [6.45, 7) is 14.1. The van der Waals surface area contributed by atoms with Crippen LogP contribution in [0.5, 0.6) is 11.5 Å². The molecule has 0 radical (unpaired) electrons. The first-order valence-electron chi connectivity index (χ1n) is 11.7. The van der Waals surface area contributed by atoms with Crippen LogP contribution in [0.2, 0.25) is 0 Å². The van der Waals surface area contributed by atoms with Gasteiger partial charge in [-0.05, 0) is 95.0 Å².